The zero-order chi connectivity index (χ0) is 13.4. The van der Waals surface area contributed by atoms with E-state index in [4.69, 9.17) is 5.73 Å². The summed E-state index contributed by atoms with van der Waals surface area (Å²) < 4.78 is 0. The summed E-state index contributed by atoms with van der Waals surface area (Å²) >= 11 is 2.98. The van der Waals surface area contributed by atoms with Gasteiger partial charge in [-0.1, -0.05) is 11.8 Å². The third-order valence-electron chi connectivity index (χ3n) is 3.23. The lowest BCUT2D eigenvalue weighted by atomic mass is 9.98. The van der Waals surface area contributed by atoms with Gasteiger partial charge in [-0.25, -0.2) is 4.99 Å². The van der Waals surface area contributed by atoms with Crippen LogP contribution in [0.1, 0.15) is 19.3 Å². The van der Waals surface area contributed by atoms with Gasteiger partial charge in [-0.15, -0.1) is 11.8 Å². The summed E-state index contributed by atoms with van der Waals surface area (Å²) in [7, 11) is 0. The molecule has 0 aromatic rings. The normalized spacial score (nSPS) is 25.1. The fourth-order valence-electron chi connectivity index (χ4n) is 2.49. The van der Waals surface area contributed by atoms with Gasteiger partial charge in [0, 0.05) is 0 Å². The first-order valence-corrected chi connectivity index (χ1v) is 8.08. The summed E-state index contributed by atoms with van der Waals surface area (Å²) in [5.41, 5.74) is 6.31. The quantitative estimate of drug-likeness (QED) is 0.848. The van der Waals surface area contributed by atoms with Gasteiger partial charge in [0.05, 0.1) is 16.5 Å². The summed E-state index contributed by atoms with van der Waals surface area (Å²) in [5, 5.41) is 0.874. The topological polar surface area (TPSA) is 84.9 Å². The van der Waals surface area contributed by atoms with Gasteiger partial charge in [0.15, 0.2) is 0 Å². The van der Waals surface area contributed by atoms with Crippen molar-refractivity contribution in [3.63, 3.8) is 0 Å². The van der Waals surface area contributed by atoms with Crippen LogP contribution >= 0.6 is 23.5 Å². The first kappa shape index (κ1) is 12.9. The number of nitrogens with zero attached hydrogens (tertiary/aromatic N) is 2. The Morgan fingerprint density at radius 2 is 2.26 bits per heavy atom. The highest BCUT2D eigenvalue weighted by molar-refractivity contribution is 8.17. The average Bonchev–Trinajstić information content (AvgIpc) is 2.87. The van der Waals surface area contributed by atoms with Crippen molar-refractivity contribution >= 4 is 46.2 Å². The third-order valence-corrected chi connectivity index (χ3v) is 5.43. The fraction of sp³-hybridized carbons (Fsp3) is 0.500. The van der Waals surface area contributed by atoms with E-state index in [1.54, 1.807) is 11.8 Å². The lowest BCUT2D eigenvalue weighted by Gasteiger charge is -2.16. The van der Waals surface area contributed by atoms with Crippen LogP contribution in [0.3, 0.4) is 0 Å². The Balaban J connectivity index is 1.70. The van der Waals surface area contributed by atoms with E-state index in [2.05, 4.69) is 9.98 Å². The van der Waals surface area contributed by atoms with Gasteiger partial charge in [0.25, 0.3) is 5.91 Å². The van der Waals surface area contributed by atoms with Crippen molar-refractivity contribution in [2.45, 2.75) is 19.3 Å². The summed E-state index contributed by atoms with van der Waals surface area (Å²) in [6, 6.07) is 0. The number of hydrogen-bond donors (Lipinski definition) is 1. The highest BCUT2D eigenvalue weighted by Gasteiger charge is 2.41. The smallest absolute Gasteiger partial charge is 0.261 e. The maximum atomic E-state index is 12.1. The average molecular weight is 295 g/mol. The largest absolute Gasteiger partial charge is 0.369 e. The zero-order valence-electron chi connectivity index (χ0n) is 10.2. The number of thioether (sulfide) groups is 2. The molecule has 2 aliphatic heterocycles. The summed E-state index contributed by atoms with van der Waals surface area (Å²) in [6.07, 6.45) is 3.20. The molecule has 0 radical (unpaired) electrons. The molecule has 0 saturated carbocycles. The monoisotopic (exact) mass is 295 g/mol. The van der Waals surface area contributed by atoms with Crippen LogP contribution in [-0.2, 0) is 9.59 Å². The van der Waals surface area contributed by atoms with E-state index in [0.717, 1.165) is 24.3 Å². The SMILES string of the molecule is NC(=O)CSCC1=NC(=O)C2C(=N1)SC1=C2CCC1. The molecule has 1 unspecified atom stereocenters. The number of amides is 2. The maximum Gasteiger partial charge on any atom is 0.261 e. The van der Waals surface area contributed by atoms with Crippen LogP contribution in [0.5, 0.6) is 0 Å². The lowest BCUT2D eigenvalue weighted by molar-refractivity contribution is -0.119. The Morgan fingerprint density at radius 1 is 1.42 bits per heavy atom. The molecule has 2 N–H and O–H groups in total. The zero-order valence-corrected chi connectivity index (χ0v) is 11.9. The Morgan fingerprint density at radius 3 is 3.05 bits per heavy atom. The molecule has 1 atom stereocenters. The van der Waals surface area contributed by atoms with Crippen LogP contribution in [0.4, 0.5) is 0 Å². The van der Waals surface area contributed by atoms with Crippen molar-refractivity contribution in [1.82, 2.24) is 0 Å². The molecular formula is C12H13N3O2S2. The molecule has 0 aromatic heterocycles. The van der Waals surface area contributed by atoms with Gasteiger partial charge < -0.3 is 5.73 Å². The molecule has 19 heavy (non-hydrogen) atoms. The molecule has 0 fully saturated rings. The van der Waals surface area contributed by atoms with Crippen LogP contribution in [0.2, 0.25) is 0 Å². The standard InChI is InChI=1S/C12H13N3O2S2/c13-8(16)4-18-5-9-14-11(17)10-6-2-1-3-7(6)19-12(10)15-9/h10H,1-5H2,(H2,13,16). The van der Waals surface area contributed by atoms with E-state index < -0.39 is 0 Å². The van der Waals surface area contributed by atoms with E-state index in [0.29, 0.717) is 11.6 Å². The molecule has 0 saturated heterocycles. The first-order chi connectivity index (χ1) is 9.15. The van der Waals surface area contributed by atoms with Crippen molar-refractivity contribution in [1.29, 1.82) is 0 Å². The van der Waals surface area contributed by atoms with Crippen LogP contribution in [0.15, 0.2) is 20.5 Å². The van der Waals surface area contributed by atoms with Gasteiger partial charge in [-0.05, 0) is 29.7 Å². The number of hydrogen-bond acceptors (Lipinski definition) is 5. The van der Waals surface area contributed by atoms with Gasteiger partial charge in [0.1, 0.15) is 11.8 Å². The molecule has 0 aromatic carbocycles. The number of carbonyl (C=O) groups is 2. The molecule has 0 spiro atoms. The summed E-state index contributed by atoms with van der Waals surface area (Å²) in [4.78, 5) is 32.6. The predicted octanol–water partition coefficient (Wildman–Crippen LogP) is 1.34. The number of primary amides is 1. The van der Waals surface area contributed by atoms with Crippen LogP contribution < -0.4 is 5.73 Å². The van der Waals surface area contributed by atoms with Crippen molar-refractivity contribution in [3.05, 3.63) is 10.5 Å². The van der Waals surface area contributed by atoms with Crippen molar-refractivity contribution < 1.29 is 9.59 Å². The minimum atomic E-state index is -0.367. The van der Waals surface area contributed by atoms with Crippen molar-refractivity contribution in [2.75, 3.05) is 11.5 Å². The minimum Gasteiger partial charge on any atom is -0.369 e. The summed E-state index contributed by atoms with van der Waals surface area (Å²) in [5.74, 6) is 0.524. The number of allylic oxidation sites excluding steroid dienone is 1. The maximum absolute atomic E-state index is 12.1. The first-order valence-electron chi connectivity index (χ1n) is 6.11. The molecule has 100 valence electrons. The lowest BCUT2D eigenvalue weighted by Crippen LogP contribution is -2.26. The molecule has 7 heteroatoms. The number of carbonyl (C=O) groups excluding carboxylic acids is 2. The van der Waals surface area contributed by atoms with E-state index in [1.165, 1.54) is 22.2 Å². The highest BCUT2D eigenvalue weighted by Crippen LogP contribution is 2.48. The van der Waals surface area contributed by atoms with Crippen LogP contribution in [0.25, 0.3) is 0 Å². The van der Waals surface area contributed by atoms with Crippen LogP contribution in [0, 0.1) is 5.92 Å². The van der Waals surface area contributed by atoms with E-state index in [-0.39, 0.29) is 23.5 Å². The van der Waals surface area contributed by atoms with Gasteiger partial charge in [0.2, 0.25) is 5.91 Å². The Bertz CT molecular complexity index is 551. The second-order valence-electron chi connectivity index (χ2n) is 4.61. The number of aliphatic imine (C=N–C) groups is 2. The Hall–Kier alpha value is -1.08. The number of nitrogens with two attached hydrogens (primary N) is 1. The molecule has 5 nitrogen and oxygen atoms in total. The molecule has 2 heterocycles. The van der Waals surface area contributed by atoms with Gasteiger partial charge >= 0.3 is 0 Å². The van der Waals surface area contributed by atoms with Crippen LogP contribution in [-0.4, -0.2) is 34.2 Å². The molecule has 0 bridgehead atoms. The fourth-order valence-corrected chi connectivity index (χ4v) is 4.47. The molecule has 3 rings (SSSR count). The number of amidine groups is 1. The van der Waals surface area contributed by atoms with E-state index >= 15 is 0 Å². The number of fused-ring (bicyclic) bond motifs is 2. The van der Waals surface area contributed by atoms with E-state index in [9.17, 15) is 9.59 Å². The van der Waals surface area contributed by atoms with Gasteiger partial charge in [-0.3, -0.25) is 9.59 Å². The third kappa shape index (κ3) is 2.49. The highest BCUT2D eigenvalue weighted by atomic mass is 32.2. The number of rotatable bonds is 4. The molecule has 2 amide bonds. The Labute approximate surface area is 119 Å². The molecule has 3 aliphatic rings. The minimum absolute atomic E-state index is 0.0981. The molecule has 1 aliphatic carbocycles. The molecular weight excluding hydrogens is 282 g/mol. The predicted molar refractivity (Wildman–Crippen MR) is 78.4 cm³/mol. The summed E-state index contributed by atoms with van der Waals surface area (Å²) in [6.45, 7) is 0. The van der Waals surface area contributed by atoms with Gasteiger partial charge in [-0.2, -0.15) is 4.99 Å². The second-order valence-corrected chi connectivity index (χ2v) is 6.71. The van der Waals surface area contributed by atoms with Crippen molar-refractivity contribution in [2.24, 2.45) is 21.6 Å². The second kappa shape index (κ2) is 5.13. The van der Waals surface area contributed by atoms with E-state index in [1.807, 2.05) is 0 Å². The Kier molecular flexibility index (Phi) is 3.49. The van der Waals surface area contributed by atoms with Crippen molar-refractivity contribution in [3.8, 4) is 0 Å².